The largest absolute Gasteiger partial charge is 0.493 e. The van der Waals surface area contributed by atoms with E-state index in [4.69, 9.17) is 21.1 Å². The van der Waals surface area contributed by atoms with Crippen LogP contribution in [0.3, 0.4) is 0 Å². The molecule has 1 aliphatic rings. The van der Waals surface area contributed by atoms with E-state index in [0.717, 1.165) is 24.3 Å². The Bertz CT molecular complexity index is 1050. The second kappa shape index (κ2) is 11.8. The molecular weight excluding hydrogens is 454 g/mol. The van der Waals surface area contributed by atoms with Gasteiger partial charge in [-0.3, -0.25) is 9.59 Å². The number of hydrogen-bond donors (Lipinski definition) is 1. The van der Waals surface area contributed by atoms with Gasteiger partial charge in [0, 0.05) is 43.9 Å². The van der Waals surface area contributed by atoms with Gasteiger partial charge in [0.1, 0.15) is 0 Å². The number of ether oxygens (including phenoxy) is 2. The fourth-order valence-corrected chi connectivity index (χ4v) is 4.09. The zero-order valence-electron chi connectivity index (χ0n) is 20.1. The summed E-state index contributed by atoms with van der Waals surface area (Å²) in [6.45, 7) is 9.08. The molecule has 0 aromatic heterocycles. The summed E-state index contributed by atoms with van der Waals surface area (Å²) in [7, 11) is 1.58. The van der Waals surface area contributed by atoms with Gasteiger partial charge in [-0.05, 0) is 48.9 Å². The maximum absolute atomic E-state index is 12.4. The van der Waals surface area contributed by atoms with Crippen LogP contribution in [0.1, 0.15) is 26.3 Å². The lowest BCUT2D eigenvalue weighted by molar-refractivity contribution is -0.134. The van der Waals surface area contributed by atoms with Crippen molar-refractivity contribution >= 4 is 40.9 Å². The number of carbonyl (C=O) groups excluding carboxylic acids is 2. The first-order chi connectivity index (χ1) is 16.3. The Kier molecular flexibility index (Phi) is 8.82. The second-order valence-corrected chi connectivity index (χ2v) is 8.71. The van der Waals surface area contributed by atoms with Crippen LogP contribution in [0.5, 0.6) is 11.5 Å². The van der Waals surface area contributed by atoms with Gasteiger partial charge in [-0.1, -0.05) is 31.5 Å². The average molecular weight is 486 g/mol. The van der Waals surface area contributed by atoms with Crippen LogP contribution in [-0.2, 0) is 9.59 Å². The summed E-state index contributed by atoms with van der Waals surface area (Å²) in [5.41, 5.74) is 2.33. The van der Waals surface area contributed by atoms with Crippen LogP contribution in [-0.4, -0.2) is 56.6 Å². The number of nitrogens with zero attached hydrogens (tertiary/aromatic N) is 2. The van der Waals surface area contributed by atoms with E-state index in [2.05, 4.69) is 10.2 Å². The van der Waals surface area contributed by atoms with E-state index >= 15 is 0 Å². The van der Waals surface area contributed by atoms with Gasteiger partial charge in [0.25, 0.3) is 0 Å². The van der Waals surface area contributed by atoms with E-state index in [0.29, 0.717) is 41.9 Å². The molecule has 0 aliphatic carbocycles. The minimum Gasteiger partial charge on any atom is -0.493 e. The number of hydrogen-bond acceptors (Lipinski definition) is 5. The monoisotopic (exact) mass is 485 g/mol. The molecule has 0 atom stereocenters. The van der Waals surface area contributed by atoms with Crippen LogP contribution < -0.4 is 19.7 Å². The van der Waals surface area contributed by atoms with E-state index in [1.54, 1.807) is 19.3 Å². The third-order valence-electron chi connectivity index (χ3n) is 5.56. The number of amides is 2. The van der Waals surface area contributed by atoms with Crippen molar-refractivity contribution in [2.45, 2.75) is 20.8 Å². The highest BCUT2D eigenvalue weighted by Gasteiger charge is 2.24. The number of rotatable bonds is 8. The smallest absolute Gasteiger partial charge is 0.248 e. The Morgan fingerprint density at radius 1 is 1.09 bits per heavy atom. The first kappa shape index (κ1) is 25.4. The number of anilines is 2. The van der Waals surface area contributed by atoms with Crippen molar-refractivity contribution in [3.63, 3.8) is 0 Å². The van der Waals surface area contributed by atoms with Gasteiger partial charge >= 0.3 is 0 Å². The molecule has 0 saturated carbocycles. The quantitative estimate of drug-likeness (QED) is 0.548. The van der Waals surface area contributed by atoms with E-state index < -0.39 is 0 Å². The molecule has 1 saturated heterocycles. The van der Waals surface area contributed by atoms with Crippen molar-refractivity contribution in [3.05, 3.63) is 53.1 Å². The summed E-state index contributed by atoms with van der Waals surface area (Å²) < 4.78 is 10.9. The van der Waals surface area contributed by atoms with Crippen LogP contribution in [0, 0.1) is 5.92 Å². The third kappa shape index (κ3) is 6.44. The van der Waals surface area contributed by atoms with Crippen molar-refractivity contribution in [1.29, 1.82) is 0 Å². The molecule has 0 radical (unpaired) electrons. The van der Waals surface area contributed by atoms with Gasteiger partial charge in [0.05, 0.1) is 24.4 Å². The molecule has 2 aromatic carbocycles. The second-order valence-electron chi connectivity index (χ2n) is 8.30. The van der Waals surface area contributed by atoms with Crippen LogP contribution in [0.15, 0.2) is 42.5 Å². The number of carbonyl (C=O) groups is 2. The van der Waals surface area contributed by atoms with E-state index in [1.807, 2.05) is 56.0 Å². The lowest BCUT2D eigenvalue weighted by Gasteiger charge is -2.37. The number of nitrogens with one attached hydrogen (secondary N) is 1. The van der Waals surface area contributed by atoms with Gasteiger partial charge in [-0.2, -0.15) is 0 Å². The Morgan fingerprint density at radius 2 is 1.82 bits per heavy atom. The standard InChI is InChI=1S/C26H32ClN3O4/c1-5-34-23-10-6-19(16-24(23)33-4)7-11-25(31)28-20-8-9-22(21(27)17-20)29-12-14-30(15-13-29)26(32)18(2)3/h6-11,16-18H,5,12-15H2,1-4H3,(H,28,31)/b11-7+. The maximum atomic E-state index is 12.4. The molecule has 1 fully saturated rings. The third-order valence-corrected chi connectivity index (χ3v) is 5.86. The maximum Gasteiger partial charge on any atom is 0.248 e. The molecule has 182 valence electrons. The highest BCUT2D eigenvalue weighted by Crippen LogP contribution is 2.30. The summed E-state index contributed by atoms with van der Waals surface area (Å²) in [6, 6.07) is 11.0. The van der Waals surface area contributed by atoms with Crippen molar-refractivity contribution in [2.24, 2.45) is 5.92 Å². The lowest BCUT2D eigenvalue weighted by atomic mass is 10.1. The van der Waals surface area contributed by atoms with Gasteiger partial charge in [0.15, 0.2) is 11.5 Å². The first-order valence-electron chi connectivity index (χ1n) is 11.5. The minimum atomic E-state index is -0.266. The zero-order valence-corrected chi connectivity index (χ0v) is 20.9. The molecular formula is C26H32ClN3O4. The van der Waals surface area contributed by atoms with E-state index in [-0.39, 0.29) is 17.7 Å². The van der Waals surface area contributed by atoms with Gasteiger partial charge in [-0.25, -0.2) is 0 Å². The van der Waals surface area contributed by atoms with E-state index in [9.17, 15) is 9.59 Å². The number of halogens is 1. The van der Waals surface area contributed by atoms with Crippen LogP contribution in [0.2, 0.25) is 5.02 Å². The van der Waals surface area contributed by atoms with E-state index in [1.165, 1.54) is 6.08 Å². The average Bonchev–Trinajstić information content (AvgIpc) is 2.83. The summed E-state index contributed by atoms with van der Waals surface area (Å²) in [4.78, 5) is 28.7. The molecule has 1 N–H and O–H groups in total. The Labute approximate surface area is 206 Å². The van der Waals surface area contributed by atoms with Gasteiger partial charge < -0.3 is 24.6 Å². The molecule has 0 spiro atoms. The van der Waals surface area contributed by atoms with Crippen LogP contribution >= 0.6 is 11.6 Å². The van der Waals surface area contributed by atoms with Gasteiger partial charge in [0.2, 0.25) is 11.8 Å². The van der Waals surface area contributed by atoms with Crippen molar-refractivity contribution < 1.29 is 19.1 Å². The molecule has 3 rings (SSSR count). The fraction of sp³-hybridized carbons (Fsp3) is 0.385. The predicted molar refractivity (Wildman–Crippen MR) is 137 cm³/mol. The Balaban J connectivity index is 1.59. The number of piperazine rings is 1. The molecule has 7 nitrogen and oxygen atoms in total. The van der Waals surface area contributed by atoms with Crippen LogP contribution in [0.4, 0.5) is 11.4 Å². The molecule has 1 aliphatic heterocycles. The number of methoxy groups -OCH3 is 1. The fourth-order valence-electron chi connectivity index (χ4n) is 3.79. The molecule has 34 heavy (non-hydrogen) atoms. The summed E-state index contributed by atoms with van der Waals surface area (Å²) in [5, 5.41) is 3.40. The van der Waals surface area contributed by atoms with Crippen molar-refractivity contribution in [3.8, 4) is 11.5 Å². The van der Waals surface area contributed by atoms with Gasteiger partial charge in [-0.15, -0.1) is 0 Å². The Morgan fingerprint density at radius 3 is 2.44 bits per heavy atom. The highest BCUT2D eigenvalue weighted by atomic mass is 35.5. The molecule has 8 heteroatoms. The normalized spacial score (nSPS) is 13.9. The minimum absolute atomic E-state index is 0.00329. The summed E-state index contributed by atoms with van der Waals surface area (Å²) in [5.74, 6) is 1.19. The zero-order chi connectivity index (χ0) is 24.7. The molecule has 2 amide bonds. The molecule has 0 unspecified atom stereocenters. The predicted octanol–water partition coefficient (Wildman–Crippen LogP) is 4.70. The van der Waals surface area contributed by atoms with Crippen LogP contribution in [0.25, 0.3) is 6.08 Å². The molecule has 2 aromatic rings. The summed E-state index contributed by atoms with van der Waals surface area (Å²) in [6.07, 6.45) is 3.17. The number of benzene rings is 2. The topological polar surface area (TPSA) is 71.1 Å². The lowest BCUT2D eigenvalue weighted by Crippen LogP contribution is -2.50. The highest BCUT2D eigenvalue weighted by molar-refractivity contribution is 6.33. The summed E-state index contributed by atoms with van der Waals surface area (Å²) >= 11 is 6.53. The van der Waals surface area contributed by atoms with Crippen molar-refractivity contribution in [1.82, 2.24) is 4.90 Å². The first-order valence-corrected chi connectivity index (χ1v) is 11.8. The molecule has 1 heterocycles. The molecule has 0 bridgehead atoms. The van der Waals surface area contributed by atoms with Crippen molar-refractivity contribution in [2.75, 3.05) is 50.1 Å². The SMILES string of the molecule is CCOc1ccc(/C=C/C(=O)Nc2ccc(N3CCN(C(=O)C(C)C)CC3)c(Cl)c2)cc1OC. The Hall–Kier alpha value is -3.19.